The summed E-state index contributed by atoms with van der Waals surface area (Å²) in [5.41, 5.74) is 1.34. The van der Waals surface area contributed by atoms with Crippen molar-refractivity contribution in [2.75, 3.05) is 44.2 Å². The van der Waals surface area contributed by atoms with Gasteiger partial charge in [-0.1, -0.05) is 36.4 Å². The minimum absolute atomic E-state index is 0. The number of rotatable bonds is 6. The highest BCUT2D eigenvalue weighted by Gasteiger charge is 2.16. The number of nitrogens with zero attached hydrogens (tertiary/aromatic N) is 2. The Hall–Kier alpha value is -1.71. The van der Waals surface area contributed by atoms with E-state index in [1.807, 2.05) is 30.3 Å². The summed E-state index contributed by atoms with van der Waals surface area (Å²) < 4.78 is 5.75. The Balaban J connectivity index is 0.00000192. The van der Waals surface area contributed by atoms with Gasteiger partial charge in [0.2, 0.25) is 0 Å². The van der Waals surface area contributed by atoms with Crippen molar-refractivity contribution in [2.45, 2.75) is 6.42 Å². The summed E-state index contributed by atoms with van der Waals surface area (Å²) in [7, 11) is 0. The van der Waals surface area contributed by atoms with Gasteiger partial charge in [-0.05, 0) is 30.7 Å². The van der Waals surface area contributed by atoms with Gasteiger partial charge < -0.3 is 9.64 Å². The molecule has 1 heterocycles. The molecule has 1 aliphatic heterocycles. The summed E-state index contributed by atoms with van der Waals surface area (Å²) in [4.78, 5) is 5.00. The maximum atomic E-state index is 5.75. The molecule has 0 N–H and O–H groups in total. The molecule has 0 aliphatic carbocycles. The Kier molecular flexibility index (Phi) is 7.24. The van der Waals surface area contributed by atoms with Gasteiger partial charge >= 0.3 is 0 Å². The first-order chi connectivity index (χ1) is 10.9. The van der Waals surface area contributed by atoms with E-state index in [-0.39, 0.29) is 12.4 Å². The van der Waals surface area contributed by atoms with Crippen LogP contribution in [0, 0.1) is 0 Å². The summed E-state index contributed by atoms with van der Waals surface area (Å²) in [6.45, 7) is 6.42. The van der Waals surface area contributed by atoms with Crippen molar-refractivity contribution in [1.29, 1.82) is 0 Å². The lowest BCUT2D eigenvalue weighted by Gasteiger charge is -2.36. The van der Waals surface area contributed by atoms with Gasteiger partial charge in [0.15, 0.2) is 0 Å². The van der Waals surface area contributed by atoms with Crippen molar-refractivity contribution in [1.82, 2.24) is 4.90 Å². The van der Waals surface area contributed by atoms with Crippen molar-refractivity contribution in [2.24, 2.45) is 0 Å². The number of para-hydroxylation sites is 2. The summed E-state index contributed by atoms with van der Waals surface area (Å²) in [5, 5.41) is 0. The molecule has 0 amide bonds. The van der Waals surface area contributed by atoms with Gasteiger partial charge in [-0.25, -0.2) is 0 Å². The van der Waals surface area contributed by atoms with Crippen molar-refractivity contribution in [3.8, 4) is 5.75 Å². The maximum absolute atomic E-state index is 5.75. The number of anilines is 1. The molecule has 1 saturated heterocycles. The fourth-order valence-corrected chi connectivity index (χ4v) is 2.86. The lowest BCUT2D eigenvalue weighted by molar-refractivity contribution is 0.225. The van der Waals surface area contributed by atoms with E-state index in [9.17, 15) is 0 Å². The zero-order chi connectivity index (χ0) is 15.0. The van der Waals surface area contributed by atoms with Gasteiger partial charge in [0.05, 0.1) is 6.61 Å². The molecule has 3 nitrogen and oxygen atoms in total. The van der Waals surface area contributed by atoms with Crippen LogP contribution in [0.3, 0.4) is 0 Å². The Morgan fingerprint density at radius 3 is 2.04 bits per heavy atom. The fourth-order valence-electron chi connectivity index (χ4n) is 2.86. The molecule has 4 heteroatoms. The Morgan fingerprint density at radius 1 is 0.783 bits per heavy atom. The first-order valence-corrected chi connectivity index (χ1v) is 8.12. The van der Waals surface area contributed by atoms with E-state index in [0.29, 0.717) is 0 Å². The number of benzene rings is 2. The lowest BCUT2D eigenvalue weighted by Crippen LogP contribution is -2.46. The molecule has 0 atom stereocenters. The minimum Gasteiger partial charge on any atom is -0.494 e. The predicted octanol–water partition coefficient (Wildman–Crippen LogP) is 3.70. The number of halogens is 1. The van der Waals surface area contributed by atoms with Gasteiger partial charge in [0, 0.05) is 38.4 Å². The quantitative estimate of drug-likeness (QED) is 0.750. The number of ether oxygens (including phenoxy) is 1. The summed E-state index contributed by atoms with van der Waals surface area (Å²) in [6.07, 6.45) is 1.08. The largest absolute Gasteiger partial charge is 0.494 e. The molecule has 0 unspecified atom stereocenters. The summed E-state index contributed by atoms with van der Waals surface area (Å²) in [5.74, 6) is 0.969. The van der Waals surface area contributed by atoms with E-state index < -0.39 is 0 Å². The molecular weight excluding hydrogens is 308 g/mol. The zero-order valence-electron chi connectivity index (χ0n) is 13.4. The topological polar surface area (TPSA) is 15.7 Å². The van der Waals surface area contributed by atoms with E-state index in [1.165, 1.54) is 5.69 Å². The third-order valence-electron chi connectivity index (χ3n) is 4.12. The van der Waals surface area contributed by atoms with Gasteiger partial charge in [-0.15, -0.1) is 12.4 Å². The Labute approximate surface area is 145 Å². The van der Waals surface area contributed by atoms with Crippen molar-refractivity contribution in [3.63, 3.8) is 0 Å². The molecule has 1 aliphatic rings. The van der Waals surface area contributed by atoms with E-state index >= 15 is 0 Å². The molecule has 124 valence electrons. The van der Waals surface area contributed by atoms with E-state index in [2.05, 4.69) is 40.1 Å². The molecule has 0 radical (unpaired) electrons. The average Bonchev–Trinajstić information content (AvgIpc) is 2.61. The van der Waals surface area contributed by atoms with Crippen LogP contribution in [0.4, 0.5) is 5.69 Å². The molecule has 0 aromatic heterocycles. The second-order valence-electron chi connectivity index (χ2n) is 5.68. The molecular formula is C19H25ClN2O. The number of hydrogen-bond donors (Lipinski definition) is 0. The SMILES string of the molecule is Cl.c1ccc(OCCCN2CCN(c3ccccc3)CC2)cc1. The highest BCUT2D eigenvalue weighted by molar-refractivity contribution is 5.85. The Bertz CT molecular complexity index is 542. The first-order valence-electron chi connectivity index (χ1n) is 8.12. The molecule has 3 rings (SSSR count). The van der Waals surface area contributed by atoms with Crippen LogP contribution in [0.5, 0.6) is 5.75 Å². The monoisotopic (exact) mass is 332 g/mol. The van der Waals surface area contributed by atoms with Gasteiger partial charge in [-0.3, -0.25) is 4.90 Å². The summed E-state index contributed by atoms with van der Waals surface area (Å²) >= 11 is 0. The van der Waals surface area contributed by atoms with E-state index in [1.54, 1.807) is 0 Å². The van der Waals surface area contributed by atoms with Gasteiger partial charge in [0.1, 0.15) is 5.75 Å². The van der Waals surface area contributed by atoms with Crippen LogP contribution in [-0.4, -0.2) is 44.2 Å². The van der Waals surface area contributed by atoms with Crippen LogP contribution in [-0.2, 0) is 0 Å². The second kappa shape index (κ2) is 9.43. The van der Waals surface area contributed by atoms with Crippen molar-refractivity contribution in [3.05, 3.63) is 60.7 Å². The minimum atomic E-state index is 0. The third-order valence-corrected chi connectivity index (χ3v) is 4.12. The molecule has 0 bridgehead atoms. The van der Waals surface area contributed by atoms with Crippen LogP contribution >= 0.6 is 12.4 Å². The Morgan fingerprint density at radius 2 is 1.39 bits per heavy atom. The normalized spacial score (nSPS) is 15.0. The van der Waals surface area contributed by atoms with E-state index in [4.69, 9.17) is 4.74 Å². The van der Waals surface area contributed by atoms with E-state index in [0.717, 1.165) is 51.5 Å². The van der Waals surface area contributed by atoms with Crippen molar-refractivity contribution < 1.29 is 4.74 Å². The lowest BCUT2D eigenvalue weighted by atomic mass is 10.2. The number of hydrogen-bond acceptors (Lipinski definition) is 3. The molecule has 0 spiro atoms. The first kappa shape index (κ1) is 17.6. The van der Waals surface area contributed by atoms with Crippen LogP contribution in [0.2, 0.25) is 0 Å². The number of piperazine rings is 1. The highest BCUT2D eigenvalue weighted by Crippen LogP contribution is 2.15. The summed E-state index contributed by atoms with van der Waals surface area (Å²) in [6, 6.07) is 20.8. The second-order valence-corrected chi connectivity index (χ2v) is 5.68. The smallest absolute Gasteiger partial charge is 0.119 e. The molecule has 2 aromatic rings. The standard InChI is InChI=1S/C19H24N2O.ClH/c1-3-8-18(9-4-1)21-15-13-20(14-16-21)12-7-17-22-19-10-5-2-6-11-19;/h1-6,8-11H,7,12-17H2;1H. The third kappa shape index (κ3) is 5.45. The van der Waals surface area contributed by atoms with Crippen LogP contribution < -0.4 is 9.64 Å². The molecule has 23 heavy (non-hydrogen) atoms. The van der Waals surface area contributed by atoms with Crippen molar-refractivity contribution >= 4 is 18.1 Å². The maximum Gasteiger partial charge on any atom is 0.119 e. The van der Waals surface area contributed by atoms with Crippen LogP contribution in [0.25, 0.3) is 0 Å². The molecule has 2 aromatic carbocycles. The van der Waals surface area contributed by atoms with Gasteiger partial charge in [0.25, 0.3) is 0 Å². The zero-order valence-corrected chi connectivity index (χ0v) is 14.3. The van der Waals surface area contributed by atoms with Crippen LogP contribution in [0.15, 0.2) is 60.7 Å². The molecule has 0 saturated carbocycles. The average molecular weight is 333 g/mol. The highest BCUT2D eigenvalue weighted by atomic mass is 35.5. The van der Waals surface area contributed by atoms with Crippen LogP contribution in [0.1, 0.15) is 6.42 Å². The fraction of sp³-hybridized carbons (Fsp3) is 0.368. The van der Waals surface area contributed by atoms with Gasteiger partial charge in [-0.2, -0.15) is 0 Å². The molecule has 1 fully saturated rings. The predicted molar refractivity (Wildman–Crippen MR) is 98.9 cm³/mol.